The Kier molecular flexibility index (Phi) is 6.61. The highest BCUT2D eigenvalue weighted by Gasteiger charge is 2.26. The molecule has 1 aromatic carbocycles. The van der Waals surface area contributed by atoms with Crippen LogP contribution in [0.1, 0.15) is 26.7 Å². The van der Waals surface area contributed by atoms with E-state index in [0.29, 0.717) is 6.54 Å². The number of likely N-dealkylation sites (tertiary alicyclic amines) is 1. The number of carbonyl (C=O) groups is 2. The van der Waals surface area contributed by atoms with Gasteiger partial charge in [-0.3, -0.25) is 9.59 Å². The topological polar surface area (TPSA) is 79.9 Å². The molecule has 132 valence electrons. The zero-order chi connectivity index (χ0) is 17.5. The van der Waals surface area contributed by atoms with E-state index >= 15 is 0 Å². The van der Waals surface area contributed by atoms with Crippen molar-refractivity contribution in [3.8, 4) is 0 Å². The molecule has 4 N–H and O–H groups in total. The molecule has 0 aromatic heterocycles. The Balaban J connectivity index is 1.81. The van der Waals surface area contributed by atoms with E-state index in [1.54, 1.807) is 0 Å². The quantitative estimate of drug-likeness (QED) is 0.669. The molecule has 2 amide bonds. The van der Waals surface area contributed by atoms with Crippen molar-refractivity contribution in [2.45, 2.75) is 26.7 Å². The number of amides is 2. The SMILES string of the molecule is CCN(CC)c1ccc(NC(=O)C[NH+]2CCC(C(N)=O)CC2)cc1. The summed E-state index contributed by atoms with van der Waals surface area (Å²) in [5.74, 6) is -0.227. The minimum absolute atomic E-state index is 0.0121. The highest BCUT2D eigenvalue weighted by atomic mass is 16.2. The molecule has 1 fully saturated rings. The summed E-state index contributed by atoms with van der Waals surface area (Å²) in [5.41, 5.74) is 7.32. The lowest BCUT2D eigenvalue weighted by Gasteiger charge is -2.27. The van der Waals surface area contributed by atoms with E-state index < -0.39 is 0 Å². The van der Waals surface area contributed by atoms with Gasteiger partial charge in [0.15, 0.2) is 6.54 Å². The van der Waals surface area contributed by atoms with Crippen LogP contribution in [-0.2, 0) is 9.59 Å². The van der Waals surface area contributed by atoms with Crippen molar-refractivity contribution in [2.75, 3.05) is 42.9 Å². The van der Waals surface area contributed by atoms with E-state index in [2.05, 4.69) is 24.1 Å². The number of nitrogens with zero attached hydrogens (tertiary/aromatic N) is 1. The second kappa shape index (κ2) is 8.68. The van der Waals surface area contributed by atoms with Crippen molar-refractivity contribution in [1.82, 2.24) is 0 Å². The molecule has 0 saturated carbocycles. The predicted octanol–water partition coefficient (Wildman–Crippen LogP) is 0.252. The molecule has 0 unspecified atom stereocenters. The summed E-state index contributed by atoms with van der Waals surface area (Å²) < 4.78 is 0. The molecule has 1 aliphatic rings. The summed E-state index contributed by atoms with van der Waals surface area (Å²) in [5, 5.41) is 2.96. The lowest BCUT2D eigenvalue weighted by molar-refractivity contribution is -0.897. The third-order valence-corrected chi connectivity index (χ3v) is 4.79. The average Bonchev–Trinajstić information content (AvgIpc) is 2.58. The molecule has 6 nitrogen and oxygen atoms in total. The molecule has 1 aliphatic heterocycles. The first kappa shape index (κ1) is 18.3. The standard InChI is InChI=1S/C18H28N4O2/c1-3-22(4-2)16-7-5-15(6-8-16)20-17(23)13-21-11-9-14(10-12-21)18(19)24/h5-8,14H,3-4,9-13H2,1-2H3,(H2,19,24)(H,20,23)/p+1. The molecule has 0 bridgehead atoms. The Bertz CT molecular complexity index is 547. The van der Waals surface area contributed by atoms with Gasteiger partial charge in [0.1, 0.15) is 0 Å². The normalized spacial score (nSPS) is 20.4. The van der Waals surface area contributed by atoms with E-state index in [4.69, 9.17) is 5.73 Å². The fourth-order valence-electron chi connectivity index (χ4n) is 3.26. The first-order valence-electron chi connectivity index (χ1n) is 8.81. The molecule has 1 heterocycles. The van der Waals surface area contributed by atoms with E-state index in [1.807, 2.05) is 24.3 Å². The number of carbonyl (C=O) groups excluding carboxylic acids is 2. The molecular weight excluding hydrogens is 304 g/mol. The van der Waals surface area contributed by atoms with Gasteiger partial charge in [-0.05, 0) is 38.1 Å². The molecule has 24 heavy (non-hydrogen) atoms. The summed E-state index contributed by atoms with van der Waals surface area (Å²) >= 11 is 0. The van der Waals surface area contributed by atoms with Crippen LogP contribution in [0.5, 0.6) is 0 Å². The number of benzene rings is 1. The highest BCUT2D eigenvalue weighted by molar-refractivity contribution is 5.91. The van der Waals surface area contributed by atoms with Crippen LogP contribution < -0.4 is 20.9 Å². The lowest BCUT2D eigenvalue weighted by atomic mass is 9.96. The average molecular weight is 333 g/mol. The van der Waals surface area contributed by atoms with Crippen LogP contribution in [0.2, 0.25) is 0 Å². The number of hydrogen-bond donors (Lipinski definition) is 3. The summed E-state index contributed by atoms with van der Waals surface area (Å²) in [7, 11) is 0. The second-order valence-corrected chi connectivity index (χ2v) is 6.37. The van der Waals surface area contributed by atoms with Gasteiger partial charge in [0.05, 0.1) is 13.1 Å². The summed E-state index contributed by atoms with van der Waals surface area (Å²) in [6, 6.07) is 7.96. The molecule has 1 saturated heterocycles. The Morgan fingerprint density at radius 3 is 2.25 bits per heavy atom. The number of quaternary nitrogens is 1. The van der Waals surface area contributed by atoms with E-state index in [0.717, 1.165) is 50.4 Å². The van der Waals surface area contributed by atoms with E-state index in [-0.39, 0.29) is 17.7 Å². The van der Waals surface area contributed by atoms with Crippen molar-refractivity contribution in [1.29, 1.82) is 0 Å². The molecule has 2 rings (SSSR count). The smallest absolute Gasteiger partial charge is 0.279 e. The number of nitrogens with one attached hydrogen (secondary N) is 2. The van der Waals surface area contributed by atoms with Crippen molar-refractivity contribution < 1.29 is 14.5 Å². The molecule has 0 atom stereocenters. The first-order valence-corrected chi connectivity index (χ1v) is 8.81. The Hall–Kier alpha value is -2.08. The zero-order valence-electron chi connectivity index (χ0n) is 14.7. The number of anilines is 2. The zero-order valence-corrected chi connectivity index (χ0v) is 14.7. The fraction of sp³-hybridized carbons (Fsp3) is 0.556. The molecule has 0 spiro atoms. The van der Waals surface area contributed by atoms with Gasteiger partial charge < -0.3 is 20.9 Å². The summed E-state index contributed by atoms with van der Waals surface area (Å²) in [4.78, 5) is 26.8. The summed E-state index contributed by atoms with van der Waals surface area (Å²) in [6.45, 7) is 8.26. The van der Waals surface area contributed by atoms with Crippen LogP contribution in [0, 0.1) is 5.92 Å². The minimum atomic E-state index is -0.216. The molecule has 1 aromatic rings. The lowest BCUT2D eigenvalue weighted by Crippen LogP contribution is -3.14. The molecule has 0 aliphatic carbocycles. The maximum absolute atomic E-state index is 12.2. The third kappa shape index (κ3) is 4.96. The number of nitrogens with two attached hydrogens (primary N) is 1. The van der Waals surface area contributed by atoms with Crippen LogP contribution in [0.25, 0.3) is 0 Å². The number of hydrogen-bond acceptors (Lipinski definition) is 3. The van der Waals surface area contributed by atoms with Gasteiger partial charge in [-0.1, -0.05) is 0 Å². The minimum Gasteiger partial charge on any atom is -0.372 e. The number of rotatable bonds is 7. The van der Waals surface area contributed by atoms with Crippen LogP contribution in [-0.4, -0.2) is 44.5 Å². The van der Waals surface area contributed by atoms with Crippen molar-refractivity contribution in [2.24, 2.45) is 11.7 Å². The van der Waals surface area contributed by atoms with E-state index in [9.17, 15) is 9.59 Å². The monoisotopic (exact) mass is 333 g/mol. The van der Waals surface area contributed by atoms with Gasteiger partial charge in [-0.15, -0.1) is 0 Å². The highest BCUT2D eigenvalue weighted by Crippen LogP contribution is 2.17. The summed E-state index contributed by atoms with van der Waals surface area (Å²) in [6.07, 6.45) is 1.55. The van der Waals surface area contributed by atoms with Gasteiger partial charge in [0.25, 0.3) is 5.91 Å². The van der Waals surface area contributed by atoms with Gasteiger partial charge in [-0.25, -0.2) is 0 Å². The second-order valence-electron chi connectivity index (χ2n) is 6.37. The largest absolute Gasteiger partial charge is 0.372 e. The van der Waals surface area contributed by atoms with Gasteiger partial charge in [-0.2, -0.15) is 0 Å². The Morgan fingerprint density at radius 1 is 1.17 bits per heavy atom. The predicted molar refractivity (Wildman–Crippen MR) is 96.1 cm³/mol. The molecule has 6 heteroatoms. The van der Waals surface area contributed by atoms with Gasteiger partial charge in [0, 0.05) is 43.2 Å². The maximum Gasteiger partial charge on any atom is 0.279 e. The van der Waals surface area contributed by atoms with Crippen LogP contribution >= 0.6 is 0 Å². The molecule has 0 radical (unpaired) electrons. The Labute approximate surface area is 144 Å². The van der Waals surface area contributed by atoms with Crippen molar-refractivity contribution >= 4 is 23.2 Å². The number of piperidine rings is 1. The molecular formula is C18H29N4O2+. The van der Waals surface area contributed by atoms with Crippen molar-refractivity contribution in [3.63, 3.8) is 0 Å². The Morgan fingerprint density at radius 2 is 1.75 bits per heavy atom. The number of primary amides is 1. The van der Waals surface area contributed by atoms with Gasteiger partial charge >= 0.3 is 0 Å². The fourth-order valence-corrected chi connectivity index (χ4v) is 3.26. The van der Waals surface area contributed by atoms with Crippen molar-refractivity contribution in [3.05, 3.63) is 24.3 Å². The van der Waals surface area contributed by atoms with Crippen LogP contribution in [0.4, 0.5) is 11.4 Å². The third-order valence-electron chi connectivity index (χ3n) is 4.79. The maximum atomic E-state index is 12.2. The van der Waals surface area contributed by atoms with Gasteiger partial charge in [0.2, 0.25) is 5.91 Å². The first-order chi connectivity index (χ1) is 11.5. The van der Waals surface area contributed by atoms with Crippen LogP contribution in [0.3, 0.4) is 0 Å². The van der Waals surface area contributed by atoms with E-state index in [1.165, 1.54) is 4.90 Å². The van der Waals surface area contributed by atoms with Crippen LogP contribution in [0.15, 0.2) is 24.3 Å².